The second-order valence-corrected chi connectivity index (χ2v) is 6.04. The fraction of sp³-hybridized carbons (Fsp3) is 0.375. The molecule has 20 heavy (non-hydrogen) atoms. The molecule has 1 unspecified atom stereocenters. The van der Waals surface area contributed by atoms with Gasteiger partial charge < -0.3 is 15.4 Å². The molecule has 0 fully saturated rings. The van der Waals surface area contributed by atoms with Crippen LogP contribution in [0.1, 0.15) is 30.3 Å². The maximum atomic E-state index is 6.29. The molecule has 3 rings (SSSR count). The Morgan fingerprint density at radius 1 is 1.40 bits per heavy atom. The SMILES string of the molecule is CCOc1cccc(N2CCc3sccc3C2C)c1N. The molecule has 2 heterocycles. The third-order valence-electron chi connectivity index (χ3n) is 3.93. The summed E-state index contributed by atoms with van der Waals surface area (Å²) in [5.41, 5.74) is 9.56. The minimum atomic E-state index is 0.365. The number of fused-ring (bicyclic) bond motifs is 1. The monoisotopic (exact) mass is 288 g/mol. The van der Waals surface area contributed by atoms with Crippen molar-refractivity contribution < 1.29 is 4.74 Å². The Balaban J connectivity index is 1.96. The summed E-state index contributed by atoms with van der Waals surface area (Å²) in [6.45, 7) is 5.87. The zero-order chi connectivity index (χ0) is 14.1. The number of anilines is 2. The smallest absolute Gasteiger partial charge is 0.144 e. The molecular formula is C16H20N2OS. The molecule has 1 aromatic carbocycles. The Morgan fingerprint density at radius 3 is 3.05 bits per heavy atom. The van der Waals surface area contributed by atoms with Gasteiger partial charge >= 0.3 is 0 Å². The molecular weight excluding hydrogens is 268 g/mol. The number of nitrogens with zero attached hydrogens (tertiary/aromatic N) is 1. The molecule has 2 N–H and O–H groups in total. The molecule has 1 aromatic heterocycles. The molecule has 106 valence electrons. The number of ether oxygens (including phenoxy) is 1. The molecule has 1 atom stereocenters. The Kier molecular flexibility index (Phi) is 3.57. The number of hydrogen-bond donors (Lipinski definition) is 1. The number of benzene rings is 1. The Bertz CT molecular complexity index is 608. The van der Waals surface area contributed by atoms with Crippen molar-refractivity contribution in [2.75, 3.05) is 23.8 Å². The summed E-state index contributed by atoms with van der Waals surface area (Å²) in [5.74, 6) is 0.785. The first-order valence-corrected chi connectivity index (χ1v) is 7.94. The highest BCUT2D eigenvalue weighted by Crippen LogP contribution is 2.40. The summed E-state index contributed by atoms with van der Waals surface area (Å²) in [4.78, 5) is 3.89. The normalized spacial score (nSPS) is 17.9. The summed E-state index contributed by atoms with van der Waals surface area (Å²) in [5, 5.41) is 2.19. The van der Waals surface area contributed by atoms with Gasteiger partial charge in [-0.15, -0.1) is 11.3 Å². The first kappa shape index (κ1) is 13.3. The van der Waals surface area contributed by atoms with Crippen molar-refractivity contribution in [3.63, 3.8) is 0 Å². The first-order chi connectivity index (χ1) is 9.72. The number of rotatable bonds is 3. The number of thiophene rings is 1. The standard InChI is InChI=1S/C16H20N2OS/c1-3-19-14-6-4-5-13(16(14)17)18-9-7-15-12(11(18)2)8-10-20-15/h4-6,8,10-11H,3,7,9,17H2,1-2H3. The number of nitrogens with two attached hydrogens (primary N) is 1. The largest absolute Gasteiger partial charge is 0.492 e. The van der Waals surface area contributed by atoms with Crippen LogP contribution in [0.3, 0.4) is 0 Å². The Morgan fingerprint density at radius 2 is 2.25 bits per heavy atom. The number of hydrogen-bond acceptors (Lipinski definition) is 4. The van der Waals surface area contributed by atoms with E-state index in [4.69, 9.17) is 10.5 Å². The van der Waals surface area contributed by atoms with Gasteiger partial charge in [-0.1, -0.05) is 6.07 Å². The zero-order valence-corrected chi connectivity index (χ0v) is 12.7. The van der Waals surface area contributed by atoms with Crippen LogP contribution in [-0.2, 0) is 6.42 Å². The van der Waals surface area contributed by atoms with E-state index in [0.29, 0.717) is 12.6 Å². The lowest BCUT2D eigenvalue weighted by Gasteiger charge is -2.36. The van der Waals surface area contributed by atoms with E-state index in [1.54, 1.807) is 0 Å². The van der Waals surface area contributed by atoms with E-state index in [0.717, 1.165) is 30.1 Å². The van der Waals surface area contributed by atoms with Crippen molar-refractivity contribution in [1.29, 1.82) is 0 Å². The van der Waals surface area contributed by atoms with E-state index >= 15 is 0 Å². The van der Waals surface area contributed by atoms with Gasteiger partial charge in [-0.25, -0.2) is 0 Å². The number of para-hydroxylation sites is 1. The molecule has 0 amide bonds. The molecule has 0 saturated carbocycles. The van der Waals surface area contributed by atoms with Crippen LogP contribution >= 0.6 is 11.3 Å². The van der Waals surface area contributed by atoms with Crippen molar-refractivity contribution in [2.45, 2.75) is 26.3 Å². The van der Waals surface area contributed by atoms with Gasteiger partial charge in [0.2, 0.25) is 0 Å². The molecule has 1 aliphatic rings. The molecule has 0 saturated heterocycles. The molecule has 0 spiro atoms. The van der Waals surface area contributed by atoms with Crippen molar-refractivity contribution in [2.24, 2.45) is 0 Å². The van der Waals surface area contributed by atoms with Gasteiger partial charge in [0.15, 0.2) is 0 Å². The minimum Gasteiger partial charge on any atom is -0.492 e. The lowest BCUT2D eigenvalue weighted by Crippen LogP contribution is -2.33. The quantitative estimate of drug-likeness (QED) is 0.872. The Hall–Kier alpha value is -1.68. The van der Waals surface area contributed by atoms with Gasteiger partial charge in [-0.05, 0) is 49.4 Å². The van der Waals surface area contributed by atoms with E-state index in [9.17, 15) is 0 Å². The summed E-state index contributed by atoms with van der Waals surface area (Å²) >= 11 is 1.86. The van der Waals surface area contributed by atoms with Crippen LogP contribution in [0.15, 0.2) is 29.6 Å². The summed E-state index contributed by atoms with van der Waals surface area (Å²) in [7, 11) is 0. The van der Waals surface area contributed by atoms with Crippen molar-refractivity contribution >= 4 is 22.7 Å². The van der Waals surface area contributed by atoms with Gasteiger partial charge in [0.1, 0.15) is 5.75 Å². The first-order valence-electron chi connectivity index (χ1n) is 7.06. The third-order valence-corrected chi connectivity index (χ3v) is 4.93. The lowest BCUT2D eigenvalue weighted by atomic mass is 10.0. The summed E-state index contributed by atoms with van der Waals surface area (Å²) < 4.78 is 5.61. The van der Waals surface area contributed by atoms with E-state index in [-0.39, 0.29) is 0 Å². The van der Waals surface area contributed by atoms with Crippen LogP contribution in [0.5, 0.6) is 5.75 Å². The minimum absolute atomic E-state index is 0.365. The summed E-state index contributed by atoms with van der Waals surface area (Å²) in [6.07, 6.45) is 1.09. The van der Waals surface area contributed by atoms with Crippen LogP contribution in [0.4, 0.5) is 11.4 Å². The predicted molar refractivity (Wildman–Crippen MR) is 85.8 cm³/mol. The molecule has 2 aromatic rings. The summed E-state index contributed by atoms with van der Waals surface area (Å²) in [6, 6.07) is 8.65. The van der Waals surface area contributed by atoms with Crippen molar-refractivity contribution in [3.05, 3.63) is 40.1 Å². The molecule has 0 aliphatic carbocycles. The van der Waals surface area contributed by atoms with Gasteiger partial charge in [0.25, 0.3) is 0 Å². The van der Waals surface area contributed by atoms with Crippen LogP contribution < -0.4 is 15.4 Å². The topological polar surface area (TPSA) is 38.5 Å². The molecule has 0 bridgehead atoms. The van der Waals surface area contributed by atoms with E-state index < -0.39 is 0 Å². The average molecular weight is 288 g/mol. The van der Waals surface area contributed by atoms with Crippen LogP contribution in [0, 0.1) is 0 Å². The van der Waals surface area contributed by atoms with Crippen LogP contribution in [-0.4, -0.2) is 13.2 Å². The van der Waals surface area contributed by atoms with Gasteiger partial charge in [0.05, 0.1) is 24.0 Å². The second-order valence-electron chi connectivity index (χ2n) is 5.04. The van der Waals surface area contributed by atoms with Crippen molar-refractivity contribution in [1.82, 2.24) is 0 Å². The van der Waals surface area contributed by atoms with E-state index in [2.05, 4.69) is 29.3 Å². The number of nitrogen functional groups attached to an aromatic ring is 1. The fourth-order valence-corrected chi connectivity index (χ4v) is 3.87. The highest BCUT2D eigenvalue weighted by Gasteiger charge is 2.26. The second kappa shape index (κ2) is 5.37. The van der Waals surface area contributed by atoms with Crippen LogP contribution in [0.25, 0.3) is 0 Å². The lowest BCUT2D eigenvalue weighted by molar-refractivity contribution is 0.342. The zero-order valence-electron chi connectivity index (χ0n) is 11.9. The maximum Gasteiger partial charge on any atom is 0.144 e. The molecule has 3 nitrogen and oxygen atoms in total. The average Bonchev–Trinajstić information content (AvgIpc) is 2.92. The van der Waals surface area contributed by atoms with E-state index in [1.807, 2.05) is 30.4 Å². The highest BCUT2D eigenvalue weighted by molar-refractivity contribution is 7.10. The molecule has 0 radical (unpaired) electrons. The van der Waals surface area contributed by atoms with Gasteiger partial charge in [-0.2, -0.15) is 0 Å². The van der Waals surface area contributed by atoms with Gasteiger partial charge in [-0.3, -0.25) is 0 Å². The maximum absolute atomic E-state index is 6.29. The highest BCUT2D eigenvalue weighted by atomic mass is 32.1. The Labute approximate surface area is 124 Å². The third kappa shape index (κ3) is 2.14. The fourth-order valence-electron chi connectivity index (χ4n) is 2.90. The molecule has 1 aliphatic heterocycles. The molecule has 4 heteroatoms. The van der Waals surface area contributed by atoms with Crippen LogP contribution in [0.2, 0.25) is 0 Å². The van der Waals surface area contributed by atoms with Gasteiger partial charge in [0, 0.05) is 11.4 Å². The van der Waals surface area contributed by atoms with E-state index in [1.165, 1.54) is 10.4 Å². The van der Waals surface area contributed by atoms with Crippen molar-refractivity contribution in [3.8, 4) is 5.75 Å². The predicted octanol–water partition coefficient (Wildman–Crippen LogP) is 3.85.